The van der Waals surface area contributed by atoms with Crippen molar-refractivity contribution in [3.63, 3.8) is 0 Å². The molecule has 0 atom stereocenters. The van der Waals surface area contributed by atoms with Crippen LogP contribution in [0.5, 0.6) is 5.75 Å². The molecule has 1 aromatic rings. The van der Waals surface area contributed by atoms with E-state index in [2.05, 4.69) is 9.97 Å². The number of rotatable bonds is 4. The fourth-order valence-electron chi connectivity index (χ4n) is 2.10. The van der Waals surface area contributed by atoms with E-state index in [9.17, 15) is 4.79 Å². The van der Waals surface area contributed by atoms with Crippen LogP contribution in [0.1, 0.15) is 43.8 Å². The van der Waals surface area contributed by atoms with Crippen molar-refractivity contribution in [3.05, 3.63) is 18.2 Å². The molecule has 0 unspecified atom stereocenters. The second kappa shape index (κ2) is 5.58. The Morgan fingerprint density at radius 3 is 2.56 bits per heavy atom. The summed E-state index contributed by atoms with van der Waals surface area (Å²) >= 11 is 0. The third-order valence-corrected chi connectivity index (χ3v) is 2.94. The molecule has 0 bridgehead atoms. The molecule has 16 heavy (non-hydrogen) atoms. The lowest BCUT2D eigenvalue weighted by Crippen LogP contribution is -2.09. The van der Waals surface area contributed by atoms with E-state index in [0.717, 1.165) is 12.1 Å². The first-order valence-corrected chi connectivity index (χ1v) is 5.78. The van der Waals surface area contributed by atoms with Gasteiger partial charge in [-0.15, -0.1) is 0 Å². The zero-order valence-electron chi connectivity index (χ0n) is 9.26. The van der Waals surface area contributed by atoms with Crippen LogP contribution in [0.4, 0.5) is 0 Å². The van der Waals surface area contributed by atoms with E-state index >= 15 is 0 Å². The summed E-state index contributed by atoms with van der Waals surface area (Å²) in [6.45, 7) is 0.0616. The number of carbonyl (C=O) groups excluding carboxylic acids is 1. The Hall–Kier alpha value is -1.45. The maximum atomic E-state index is 10.1. The fraction of sp³-hybridized carbons (Fsp3) is 0.583. The van der Waals surface area contributed by atoms with Crippen LogP contribution in [-0.2, 0) is 4.79 Å². The van der Waals surface area contributed by atoms with Crippen molar-refractivity contribution >= 4 is 6.29 Å². The van der Waals surface area contributed by atoms with Crippen LogP contribution in [0, 0.1) is 0 Å². The molecule has 1 aliphatic rings. The SMILES string of the molecule is O=CCOc1cnc(C2CCCCC2)nc1. The first-order chi connectivity index (χ1) is 7.90. The van der Waals surface area contributed by atoms with Crippen molar-refractivity contribution in [3.8, 4) is 5.75 Å². The van der Waals surface area contributed by atoms with E-state index in [4.69, 9.17) is 4.74 Å². The number of aromatic nitrogens is 2. The van der Waals surface area contributed by atoms with Crippen LogP contribution in [-0.4, -0.2) is 22.9 Å². The summed E-state index contributed by atoms with van der Waals surface area (Å²) in [6.07, 6.45) is 10.3. The second-order valence-corrected chi connectivity index (χ2v) is 4.09. The highest BCUT2D eigenvalue weighted by Crippen LogP contribution is 2.30. The van der Waals surface area contributed by atoms with Crippen molar-refractivity contribution in [2.24, 2.45) is 0 Å². The van der Waals surface area contributed by atoms with Crippen LogP contribution >= 0.6 is 0 Å². The van der Waals surface area contributed by atoms with Gasteiger partial charge in [-0.2, -0.15) is 0 Å². The Balaban J connectivity index is 1.97. The van der Waals surface area contributed by atoms with Crippen molar-refractivity contribution < 1.29 is 9.53 Å². The van der Waals surface area contributed by atoms with Crippen molar-refractivity contribution in [1.29, 1.82) is 0 Å². The molecular weight excluding hydrogens is 204 g/mol. The summed E-state index contributed by atoms with van der Waals surface area (Å²) in [5.74, 6) is 1.98. The maximum Gasteiger partial charge on any atom is 0.157 e. The highest BCUT2D eigenvalue weighted by Gasteiger charge is 2.17. The lowest BCUT2D eigenvalue weighted by atomic mass is 9.89. The quantitative estimate of drug-likeness (QED) is 0.729. The first kappa shape index (κ1) is 11.0. The van der Waals surface area contributed by atoms with Gasteiger partial charge in [0.25, 0.3) is 0 Å². The molecule has 0 N–H and O–H groups in total. The number of carbonyl (C=O) groups is 1. The third kappa shape index (κ3) is 2.78. The van der Waals surface area contributed by atoms with Crippen LogP contribution in [0.3, 0.4) is 0 Å². The molecule has 0 aromatic carbocycles. The number of hydrogen-bond acceptors (Lipinski definition) is 4. The predicted molar refractivity (Wildman–Crippen MR) is 59.4 cm³/mol. The molecular formula is C12H16N2O2. The van der Waals surface area contributed by atoms with Gasteiger partial charge < -0.3 is 4.74 Å². The Kier molecular flexibility index (Phi) is 3.86. The number of hydrogen-bond donors (Lipinski definition) is 0. The summed E-state index contributed by atoms with van der Waals surface area (Å²) in [5, 5.41) is 0. The number of aldehydes is 1. The zero-order chi connectivity index (χ0) is 11.2. The van der Waals surface area contributed by atoms with Gasteiger partial charge in [0, 0.05) is 5.92 Å². The van der Waals surface area contributed by atoms with Gasteiger partial charge in [-0.1, -0.05) is 19.3 Å². The number of nitrogens with zero attached hydrogens (tertiary/aromatic N) is 2. The normalized spacial score (nSPS) is 17.0. The van der Waals surface area contributed by atoms with Gasteiger partial charge in [0.05, 0.1) is 12.4 Å². The number of ether oxygens (including phenoxy) is 1. The standard InChI is InChI=1S/C12H16N2O2/c15-6-7-16-11-8-13-12(14-9-11)10-4-2-1-3-5-10/h6,8-10H,1-5,7H2. The molecule has 1 fully saturated rings. The summed E-state index contributed by atoms with van der Waals surface area (Å²) in [6, 6.07) is 0. The van der Waals surface area contributed by atoms with Gasteiger partial charge in [-0.25, -0.2) is 9.97 Å². The minimum absolute atomic E-state index is 0.0616. The molecule has 2 rings (SSSR count). The molecule has 86 valence electrons. The van der Waals surface area contributed by atoms with E-state index in [1.54, 1.807) is 12.4 Å². The minimum Gasteiger partial charge on any atom is -0.483 e. The minimum atomic E-state index is 0.0616. The van der Waals surface area contributed by atoms with Gasteiger partial charge in [0.1, 0.15) is 12.4 Å². The molecule has 4 heteroatoms. The van der Waals surface area contributed by atoms with Crippen LogP contribution in [0.25, 0.3) is 0 Å². The van der Waals surface area contributed by atoms with E-state index < -0.39 is 0 Å². The average Bonchev–Trinajstić information content (AvgIpc) is 2.38. The predicted octanol–water partition coefficient (Wildman–Crippen LogP) is 2.10. The Morgan fingerprint density at radius 1 is 1.25 bits per heavy atom. The Bertz CT molecular complexity index is 331. The van der Waals surface area contributed by atoms with Crippen LogP contribution in [0.2, 0.25) is 0 Å². The summed E-state index contributed by atoms with van der Waals surface area (Å²) < 4.78 is 5.10. The van der Waals surface area contributed by atoms with Crippen molar-refractivity contribution in [2.75, 3.05) is 6.61 Å². The molecule has 0 aliphatic heterocycles. The average molecular weight is 220 g/mol. The molecule has 1 aliphatic carbocycles. The highest BCUT2D eigenvalue weighted by molar-refractivity contribution is 5.51. The maximum absolute atomic E-state index is 10.1. The van der Waals surface area contributed by atoms with Gasteiger partial charge in [0.15, 0.2) is 12.0 Å². The molecule has 0 saturated heterocycles. The molecule has 0 amide bonds. The second-order valence-electron chi connectivity index (χ2n) is 4.09. The largest absolute Gasteiger partial charge is 0.483 e. The lowest BCUT2D eigenvalue weighted by Gasteiger charge is -2.19. The van der Waals surface area contributed by atoms with Gasteiger partial charge in [-0.3, -0.25) is 4.79 Å². The Morgan fingerprint density at radius 2 is 1.94 bits per heavy atom. The fourth-order valence-corrected chi connectivity index (χ4v) is 2.10. The van der Waals surface area contributed by atoms with Crippen LogP contribution < -0.4 is 4.74 Å². The Labute approximate surface area is 95.1 Å². The smallest absolute Gasteiger partial charge is 0.157 e. The van der Waals surface area contributed by atoms with Gasteiger partial charge in [0.2, 0.25) is 0 Å². The van der Waals surface area contributed by atoms with Gasteiger partial charge >= 0.3 is 0 Å². The zero-order valence-corrected chi connectivity index (χ0v) is 9.26. The monoisotopic (exact) mass is 220 g/mol. The van der Waals surface area contributed by atoms with Crippen LogP contribution in [0.15, 0.2) is 12.4 Å². The molecule has 1 aromatic heterocycles. The van der Waals surface area contributed by atoms with Crippen molar-refractivity contribution in [2.45, 2.75) is 38.0 Å². The summed E-state index contributed by atoms with van der Waals surface area (Å²) in [4.78, 5) is 18.7. The first-order valence-electron chi connectivity index (χ1n) is 5.78. The van der Waals surface area contributed by atoms with E-state index in [1.807, 2.05) is 0 Å². The molecule has 0 spiro atoms. The van der Waals surface area contributed by atoms with E-state index in [0.29, 0.717) is 11.7 Å². The molecule has 0 radical (unpaired) electrons. The molecule has 1 saturated carbocycles. The summed E-state index contributed by atoms with van der Waals surface area (Å²) in [7, 11) is 0. The third-order valence-electron chi connectivity index (χ3n) is 2.94. The van der Waals surface area contributed by atoms with Crippen molar-refractivity contribution in [1.82, 2.24) is 9.97 Å². The van der Waals surface area contributed by atoms with E-state index in [1.165, 1.54) is 32.1 Å². The topological polar surface area (TPSA) is 52.1 Å². The molecule has 4 nitrogen and oxygen atoms in total. The van der Waals surface area contributed by atoms with E-state index in [-0.39, 0.29) is 6.61 Å². The van der Waals surface area contributed by atoms with Gasteiger partial charge in [-0.05, 0) is 12.8 Å². The lowest BCUT2D eigenvalue weighted by molar-refractivity contribution is -0.109. The molecule has 1 heterocycles. The highest BCUT2D eigenvalue weighted by atomic mass is 16.5. The summed E-state index contributed by atoms with van der Waals surface area (Å²) in [5.41, 5.74) is 0.